The molecule has 0 heterocycles. The van der Waals surface area contributed by atoms with E-state index in [-0.39, 0.29) is 28.2 Å². The van der Waals surface area contributed by atoms with E-state index < -0.39 is 0 Å². The van der Waals surface area contributed by atoms with E-state index in [0.29, 0.717) is 17.4 Å². The summed E-state index contributed by atoms with van der Waals surface area (Å²) in [4.78, 5) is 0. The Morgan fingerprint density at radius 2 is 1.81 bits per heavy atom. The van der Waals surface area contributed by atoms with Crippen LogP contribution in [0, 0.1) is 29.6 Å². The summed E-state index contributed by atoms with van der Waals surface area (Å²) in [7, 11) is 0. The van der Waals surface area contributed by atoms with Crippen LogP contribution in [-0.4, -0.2) is 10.2 Å². The molecule has 0 spiro atoms. The third-order valence-electron chi connectivity index (χ3n) is 7.39. The van der Waals surface area contributed by atoms with E-state index in [1.54, 1.807) is 0 Å². The summed E-state index contributed by atoms with van der Waals surface area (Å²) < 4.78 is 0. The van der Waals surface area contributed by atoms with Gasteiger partial charge in [0.1, 0.15) is 11.5 Å². The van der Waals surface area contributed by atoms with Crippen LogP contribution in [0.2, 0.25) is 0 Å². The normalized spacial score (nSPS) is 26.1. The van der Waals surface area contributed by atoms with Crippen LogP contribution in [0.25, 0.3) is 0 Å². The molecule has 2 bridgehead atoms. The Labute approximate surface area is 164 Å². The largest absolute Gasteiger partial charge is 0.507 e. The molecule has 3 atom stereocenters. The molecule has 0 radical (unpaired) electrons. The number of aromatic hydroxyl groups is 2. The molecule has 3 aliphatic carbocycles. The SMILES string of the molecule is C#CCCCCC(C)(C)c1cc(O)c([C@H]2C=C(C)[C@@H]3C[C@H]2C3(C)C)c(O)c1. The van der Waals surface area contributed by atoms with E-state index in [0.717, 1.165) is 37.7 Å². The summed E-state index contributed by atoms with van der Waals surface area (Å²) in [5.74, 6) is 4.37. The van der Waals surface area contributed by atoms with Crippen LogP contribution in [0.5, 0.6) is 11.5 Å². The van der Waals surface area contributed by atoms with Gasteiger partial charge in [-0.2, -0.15) is 0 Å². The van der Waals surface area contributed by atoms with E-state index in [1.807, 2.05) is 12.1 Å². The van der Waals surface area contributed by atoms with Gasteiger partial charge in [-0.25, -0.2) is 0 Å². The summed E-state index contributed by atoms with van der Waals surface area (Å²) in [6, 6.07) is 3.74. The minimum atomic E-state index is -0.110. The van der Waals surface area contributed by atoms with Crippen LogP contribution in [0.4, 0.5) is 0 Å². The van der Waals surface area contributed by atoms with Crippen LogP contribution < -0.4 is 0 Å². The molecule has 1 fully saturated rings. The fourth-order valence-corrected chi connectivity index (χ4v) is 5.44. The van der Waals surface area contributed by atoms with Crippen molar-refractivity contribution >= 4 is 0 Å². The second-order valence-corrected chi connectivity index (χ2v) is 9.88. The molecule has 1 aromatic rings. The van der Waals surface area contributed by atoms with Gasteiger partial charge in [-0.1, -0.05) is 45.8 Å². The van der Waals surface area contributed by atoms with Gasteiger partial charge in [0.25, 0.3) is 0 Å². The Bertz CT molecular complexity index is 768. The fraction of sp³-hybridized carbons (Fsp3) is 0.600. The first kappa shape index (κ1) is 19.9. The lowest BCUT2D eigenvalue weighted by Crippen LogP contribution is -2.50. The first-order valence-corrected chi connectivity index (χ1v) is 10.3. The monoisotopic (exact) mass is 366 g/mol. The van der Waals surface area contributed by atoms with E-state index >= 15 is 0 Å². The average Bonchev–Trinajstić information content (AvgIpc) is 2.57. The number of hydrogen-bond donors (Lipinski definition) is 2. The first-order valence-electron chi connectivity index (χ1n) is 10.3. The molecule has 0 aromatic heterocycles. The Morgan fingerprint density at radius 3 is 2.33 bits per heavy atom. The molecule has 1 aromatic carbocycles. The lowest BCUT2D eigenvalue weighted by molar-refractivity contribution is -0.0198. The molecule has 27 heavy (non-hydrogen) atoms. The Balaban J connectivity index is 1.88. The maximum atomic E-state index is 10.9. The standard InChI is InChI=1S/C25H34O2/c1-7-8-9-10-11-24(3,4)17-13-21(26)23(22(27)14-17)18-12-16(2)19-15-20(18)25(19,5)6/h1,12-14,18-20,26-27H,8-11,15H2,2-6H3/t18-,19-,20+/m0/s1. The van der Waals surface area contributed by atoms with Crippen LogP contribution in [0.3, 0.4) is 0 Å². The lowest BCUT2D eigenvalue weighted by Gasteiger charge is -2.59. The van der Waals surface area contributed by atoms with Gasteiger partial charge in [0.15, 0.2) is 0 Å². The highest BCUT2D eigenvalue weighted by atomic mass is 16.3. The van der Waals surface area contributed by atoms with Gasteiger partial charge in [0, 0.05) is 17.9 Å². The van der Waals surface area contributed by atoms with Crippen molar-refractivity contribution in [2.75, 3.05) is 0 Å². The smallest absolute Gasteiger partial charge is 0.123 e. The van der Waals surface area contributed by atoms with E-state index in [2.05, 4.69) is 46.6 Å². The van der Waals surface area contributed by atoms with Gasteiger partial charge in [-0.05, 0) is 66.5 Å². The van der Waals surface area contributed by atoms with Gasteiger partial charge in [0.05, 0.1) is 0 Å². The molecule has 1 saturated carbocycles. The number of hydrogen-bond acceptors (Lipinski definition) is 2. The summed E-state index contributed by atoms with van der Waals surface area (Å²) >= 11 is 0. The molecule has 2 N–H and O–H groups in total. The van der Waals surface area contributed by atoms with Crippen molar-refractivity contribution < 1.29 is 10.2 Å². The molecule has 4 rings (SSSR count). The molecule has 146 valence electrons. The summed E-state index contributed by atoms with van der Waals surface area (Å²) in [5, 5.41) is 21.7. The molecule has 0 aliphatic heterocycles. The third-order valence-corrected chi connectivity index (χ3v) is 7.39. The van der Waals surface area contributed by atoms with Gasteiger partial charge < -0.3 is 10.2 Å². The van der Waals surface area contributed by atoms with Crippen molar-refractivity contribution in [3.8, 4) is 23.8 Å². The number of benzene rings is 1. The number of terminal acetylenes is 1. The number of rotatable bonds is 6. The maximum Gasteiger partial charge on any atom is 0.123 e. The van der Waals surface area contributed by atoms with Crippen molar-refractivity contribution in [3.63, 3.8) is 0 Å². The minimum absolute atomic E-state index is 0.0952. The summed E-state index contributed by atoms with van der Waals surface area (Å²) in [6.45, 7) is 11.2. The van der Waals surface area contributed by atoms with E-state index in [9.17, 15) is 10.2 Å². The zero-order valence-corrected chi connectivity index (χ0v) is 17.5. The topological polar surface area (TPSA) is 40.5 Å². The molecule has 2 heteroatoms. The second kappa shape index (κ2) is 6.93. The van der Waals surface area contributed by atoms with Crippen LogP contribution in [0.15, 0.2) is 23.8 Å². The Hall–Kier alpha value is -1.88. The van der Waals surface area contributed by atoms with E-state index in [1.165, 1.54) is 5.57 Å². The maximum absolute atomic E-state index is 10.9. The van der Waals surface area contributed by atoms with Crippen LogP contribution in [0.1, 0.15) is 83.8 Å². The van der Waals surface area contributed by atoms with E-state index in [4.69, 9.17) is 6.42 Å². The highest BCUT2D eigenvalue weighted by Gasteiger charge is 2.55. The predicted octanol–water partition coefficient (Wildman–Crippen LogP) is 6.27. The molecular weight excluding hydrogens is 332 g/mol. The van der Waals surface area contributed by atoms with Crippen molar-refractivity contribution in [2.24, 2.45) is 17.3 Å². The zero-order chi connectivity index (χ0) is 20.0. The lowest BCUT2D eigenvalue weighted by atomic mass is 9.45. The summed E-state index contributed by atoms with van der Waals surface area (Å²) in [6.07, 6.45) is 12.6. The van der Waals surface area contributed by atoms with Gasteiger partial charge in [0.2, 0.25) is 0 Å². The molecular formula is C25H34O2. The molecule has 3 aliphatic rings. The highest BCUT2D eigenvalue weighted by molar-refractivity contribution is 5.53. The third kappa shape index (κ3) is 3.38. The Kier molecular flexibility index (Phi) is 5.10. The Morgan fingerprint density at radius 1 is 1.19 bits per heavy atom. The quantitative estimate of drug-likeness (QED) is 0.353. The first-order chi connectivity index (χ1) is 12.6. The van der Waals surface area contributed by atoms with Crippen LogP contribution >= 0.6 is 0 Å². The second-order valence-electron chi connectivity index (χ2n) is 9.88. The number of phenols is 2. The summed E-state index contributed by atoms with van der Waals surface area (Å²) in [5.41, 5.74) is 3.21. The van der Waals surface area contributed by atoms with Gasteiger partial charge in [-0.15, -0.1) is 12.3 Å². The molecule has 0 saturated heterocycles. The minimum Gasteiger partial charge on any atom is -0.507 e. The molecule has 0 unspecified atom stereocenters. The number of allylic oxidation sites excluding steroid dienone is 2. The fourth-order valence-electron chi connectivity index (χ4n) is 5.44. The highest BCUT2D eigenvalue weighted by Crippen LogP contribution is 2.64. The van der Waals surface area contributed by atoms with Crippen LogP contribution in [-0.2, 0) is 5.41 Å². The van der Waals surface area contributed by atoms with Gasteiger partial charge in [-0.3, -0.25) is 0 Å². The van der Waals surface area contributed by atoms with Gasteiger partial charge >= 0.3 is 0 Å². The number of fused-ring (bicyclic) bond motifs is 1. The van der Waals surface area contributed by atoms with Crippen molar-refractivity contribution in [3.05, 3.63) is 34.9 Å². The average molecular weight is 367 g/mol. The van der Waals surface area contributed by atoms with Crippen molar-refractivity contribution in [1.29, 1.82) is 0 Å². The predicted molar refractivity (Wildman–Crippen MR) is 112 cm³/mol. The van der Waals surface area contributed by atoms with Crippen molar-refractivity contribution in [1.82, 2.24) is 0 Å². The number of phenolic OH excluding ortho intramolecular Hbond substituents is 2. The number of unbranched alkanes of at least 4 members (excludes halogenated alkanes) is 2. The molecule has 0 amide bonds. The van der Waals surface area contributed by atoms with Crippen molar-refractivity contribution in [2.45, 2.75) is 78.1 Å². The zero-order valence-electron chi connectivity index (χ0n) is 17.5. The molecule has 2 nitrogen and oxygen atoms in total.